The summed E-state index contributed by atoms with van der Waals surface area (Å²) >= 11 is 0. The van der Waals surface area contributed by atoms with E-state index >= 15 is 0 Å². The summed E-state index contributed by atoms with van der Waals surface area (Å²) in [6, 6.07) is 8.27. The van der Waals surface area contributed by atoms with Crippen molar-refractivity contribution in [3.63, 3.8) is 0 Å². The van der Waals surface area contributed by atoms with E-state index in [1.165, 1.54) is 11.1 Å². The molecule has 1 unspecified atom stereocenters. The molecule has 1 aliphatic heterocycles. The Morgan fingerprint density at radius 1 is 1.56 bits per heavy atom. The number of carbonyl (C=O) groups is 1. The first-order valence-electron chi connectivity index (χ1n) is 6.48. The lowest BCUT2D eigenvalue weighted by molar-refractivity contribution is -0.121. The largest absolute Gasteiger partial charge is 0.311 e. The standard InChI is InChI=1S/C15H18N2O/c1-3-12(10-16)15(18)17-8-4-5-13-9-11(2)6-7-14(13)17/h6-7,9,12H,3-5,8H2,1-2H3. The Labute approximate surface area is 108 Å². The van der Waals surface area contributed by atoms with Crippen molar-refractivity contribution in [2.45, 2.75) is 33.1 Å². The van der Waals surface area contributed by atoms with Crippen LogP contribution >= 0.6 is 0 Å². The Morgan fingerprint density at radius 3 is 3.00 bits per heavy atom. The first-order valence-corrected chi connectivity index (χ1v) is 6.48. The van der Waals surface area contributed by atoms with Gasteiger partial charge in [-0.05, 0) is 37.8 Å². The van der Waals surface area contributed by atoms with Gasteiger partial charge in [-0.15, -0.1) is 0 Å². The average molecular weight is 242 g/mol. The summed E-state index contributed by atoms with van der Waals surface area (Å²) in [5, 5.41) is 9.02. The predicted molar refractivity (Wildman–Crippen MR) is 71.2 cm³/mol. The van der Waals surface area contributed by atoms with Crippen molar-refractivity contribution in [3.05, 3.63) is 29.3 Å². The maximum Gasteiger partial charge on any atom is 0.244 e. The van der Waals surface area contributed by atoms with E-state index < -0.39 is 5.92 Å². The third kappa shape index (κ3) is 2.24. The molecule has 1 aromatic carbocycles. The van der Waals surface area contributed by atoms with Gasteiger partial charge in [0.05, 0.1) is 6.07 Å². The van der Waals surface area contributed by atoms with Gasteiger partial charge in [0.1, 0.15) is 5.92 Å². The molecule has 0 aromatic heterocycles. The molecule has 0 saturated heterocycles. The topological polar surface area (TPSA) is 44.1 Å². The molecule has 94 valence electrons. The number of benzene rings is 1. The van der Waals surface area contributed by atoms with Crippen LogP contribution in [0.3, 0.4) is 0 Å². The van der Waals surface area contributed by atoms with Crippen molar-refractivity contribution in [3.8, 4) is 6.07 Å². The van der Waals surface area contributed by atoms with E-state index in [0.717, 1.165) is 25.1 Å². The minimum atomic E-state index is -0.516. The molecule has 0 radical (unpaired) electrons. The predicted octanol–water partition coefficient (Wildman–Crippen LogP) is 2.82. The molecule has 1 amide bonds. The fourth-order valence-electron chi connectivity index (χ4n) is 2.46. The molecule has 18 heavy (non-hydrogen) atoms. The maximum absolute atomic E-state index is 12.3. The van der Waals surface area contributed by atoms with Crippen LogP contribution in [-0.4, -0.2) is 12.5 Å². The zero-order chi connectivity index (χ0) is 13.1. The van der Waals surface area contributed by atoms with Crippen LogP contribution in [0.1, 0.15) is 30.9 Å². The van der Waals surface area contributed by atoms with Crippen molar-refractivity contribution < 1.29 is 4.79 Å². The van der Waals surface area contributed by atoms with Gasteiger partial charge in [0.25, 0.3) is 0 Å². The molecule has 0 aliphatic carbocycles. The van der Waals surface area contributed by atoms with Crippen LogP contribution in [0.5, 0.6) is 0 Å². The third-order valence-electron chi connectivity index (χ3n) is 3.48. The summed E-state index contributed by atoms with van der Waals surface area (Å²) in [5.41, 5.74) is 3.43. The van der Waals surface area contributed by atoms with E-state index in [4.69, 9.17) is 5.26 Å². The number of carbonyl (C=O) groups excluding carboxylic acids is 1. The van der Waals surface area contributed by atoms with Gasteiger partial charge in [0.2, 0.25) is 5.91 Å². The number of rotatable bonds is 2. The van der Waals surface area contributed by atoms with Crippen LogP contribution in [0, 0.1) is 24.2 Å². The van der Waals surface area contributed by atoms with Gasteiger partial charge in [0, 0.05) is 12.2 Å². The van der Waals surface area contributed by atoms with Gasteiger partial charge >= 0.3 is 0 Å². The molecule has 1 heterocycles. The van der Waals surface area contributed by atoms with Crippen LogP contribution in [0.2, 0.25) is 0 Å². The third-order valence-corrected chi connectivity index (χ3v) is 3.48. The summed E-state index contributed by atoms with van der Waals surface area (Å²) in [4.78, 5) is 14.1. The fourth-order valence-corrected chi connectivity index (χ4v) is 2.46. The van der Waals surface area contributed by atoms with Crippen LogP contribution in [-0.2, 0) is 11.2 Å². The second-order valence-corrected chi connectivity index (χ2v) is 4.82. The van der Waals surface area contributed by atoms with Gasteiger partial charge in [-0.3, -0.25) is 4.79 Å². The Morgan fingerprint density at radius 2 is 2.33 bits per heavy atom. The minimum Gasteiger partial charge on any atom is -0.311 e. The Hall–Kier alpha value is -1.82. The zero-order valence-corrected chi connectivity index (χ0v) is 10.9. The highest BCUT2D eigenvalue weighted by atomic mass is 16.2. The summed E-state index contributed by atoms with van der Waals surface area (Å²) in [6.07, 6.45) is 2.57. The van der Waals surface area contributed by atoms with Gasteiger partial charge in [0.15, 0.2) is 0 Å². The summed E-state index contributed by atoms with van der Waals surface area (Å²) < 4.78 is 0. The van der Waals surface area contributed by atoms with Crippen molar-refractivity contribution in [1.29, 1.82) is 5.26 Å². The quantitative estimate of drug-likeness (QED) is 0.800. The summed E-state index contributed by atoms with van der Waals surface area (Å²) in [5.74, 6) is -0.568. The van der Waals surface area contributed by atoms with Gasteiger partial charge in [-0.1, -0.05) is 24.6 Å². The minimum absolute atomic E-state index is 0.0511. The molecular weight excluding hydrogens is 224 g/mol. The van der Waals surface area contributed by atoms with Gasteiger partial charge in [-0.2, -0.15) is 5.26 Å². The van der Waals surface area contributed by atoms with E-state index in [9.17, 15) is 4.79 Å². The molecule has 1 aliphatic rings. The van der Waals surface area contributed by atoms with Gasteiger partial charge < -0.3 is 4.90 Å². The SMILES string of the molecule is CCC(C#N)C(=O)N1CCCc2cc(C)ccc21. The molecular formula is C15H18N2O. The highest BCUT2D eigenvalue weighted by molar-refractivity contribution is 5.97. The Balaban J connectivity index is 2.33. The molecule has 0 N–H and O–H groups in total. The van der Waals surface area contributed by atoms with Crippen LogP contribution in [0.4, 0.5) is 5.69 Å². The van der Waals surface area contributed by atoms with Crippen molar-refractivity contribution in [1.82, 2.24) is 0 Å². The highest BCUT2D eigenvalue weighted by Crippen LogP contribution is 2.29. The molecule has 1 atom stereocenters. The zero-order valence-electron chi connectivity index (χ0n) is 10.9. The summed E-state index contributed by atoms with van der Waals surface area (Å²) in [7, 11) is 0. The molecule has 2 rings (SSSR count). The normalized spacial score (nSPS) is 15.7. The molecule has 0 spiro atoms. The lowest BCUT2D eigenvalue weighted by Gasteiger charge is -2.31. The van der Waals surface area contributed by atoms with E-state index in [1.807, 2.05) is 19.1 Å². The average Bonchev–Trinajstić information content (AvgIpc) is 2.39. The van der Waals surface area contributed by atoms with Gasteiger partial charge in [-0.25, -0.2) is 0 Å². The van der Waals surface area contributed by atoms with E-state index in [1.54, 1.807) is 4.90 Å². The number of amides is 1. The van der Waals surface area contributed by atoms with Crippen molar-refractivity contribution >= 4 is 11.6 Å². The number of aryl methyl sites for hydroxylation is 2. The first kappa shape index (κ1) is 12.6. The molecule has 3 nitrogen and oxygen atoms in total. The number of anilines is 1. The van der Waals surface area contributed by atoms with Crippen LogP contribution in [0.15, 0.2) is 18.2 Å². The fraction of sp³-hybridized carbons (Fsp3) is 0.467. The lowest BCUT2D eigenvalue weighted by atomic mass is 9.97. The van der Waals surface area contributed by atoms with E-state index in [0.29, 0.717) is 6.42 Å². The molecule has 0 saturated carbocycles. The van der Waals surface area contributed by atoms with Crippen LogP contribution < -0.4 is 4.90 Å². The van der Waals surface area contributed by atoms with Crippen LogP contribution in [0.25, 0.3) is 0 Å². The molecule has 3 heteroatoms. The first-order chi connectivity index (χ1) is 8.67. The lowest BCUT2D eigenvalue weighted by Crippen LogP contribution is -2.39. The number of hydrogen-bond acceptors (Lipinski definition) is 2. The Bertz CT molecular complexity index is 502. The van der Waals surface area contributed by atoms with Crippen molar-refractivity contribution in [2.24, 2.45) is 5.92 Å². The second-order valence-electron chi connectivity index (χ2n) is 4.82. The monoisotopic (exact) mass is 242 g/mol. The summed E-state index contributed by atoms with van der Waals surface area (Å²) in [6.45, 7) is 4.67. The van der Waals surface area contributed by atoms with Crippen molar-refractivity contribution in [2.75, 3.05) is 11.4 Å². The van der Waals surface area contributed by atoms with E-state index in [2.05, 4.69) is 19.1 Å². The molecule has 0 bridgehead atoms. The molecule has 0 fully saturated rings. The number of nitriles is 1. The second kappa shape index (κ2) is 5.22. The van der Waals surface area contributed by atoms with E-state index in [-0.39, 0.29) is 5.91 Å². The highest BCUT2D eigenvalue weighted by Gasteiger charge is 2.27. The maximum atomic E-state index is 12.3. The number of nitrogens with zero attached hydrogens (tertiary/aromatic N) is 2. The molecule has 1 aromatic rings. The smallest absolute Gasteiger partial charge is 0.244 e. The number of fused-ring (bicyclic) bond motifs is 1. The number of hydrogen-bond donors (Lipinski definition) is 0. The Kier molecular flexibility index (Phi) is 3.66.